The zero-order chi connectivity index (χ0) is 11.4. The van der Waals surface area contributed by atoms with Crippen LogP contribution < -0.4 is 31.8 Å². The molecular weight excluding hydrogens is 311 g/mol. The Labute approximate surface area is 98.6 Å². The predicted octanol–water partition coefficient (Wildman–Crippen LogP) is -3.00. The van der Waals surface area contributed by atoms with Gasteiger partial charge in [0, 0.05) is 0 Å². The molecule has 0 saturated carbocycles. The van der Waals surface area contributed by atoms with E-state index in [-0.39, 0.29) is 15.7 Å². The zero-order valence-electron chi connectivity index (χ0n) is 8.67. The third-order valence-electron chi connectivity index (χ3n) is 1.84. The third-order valence-corrected chi connectivity index (χ3v) is 3.97. The van der Waals surface area contributed by atoms with E-state index < -0.39 is 27.2 Å². The molecule has 0 radical (unpaired) electrons. The van der Waals surface area contributed by atoms with E-state index in [1.165, 1.54) is 0 Å². The molecule has 0 bridgehead atoms. The van der Waals surface area contributed by atoms with E-state index in [1.54, 1.807) is 0 Å². The van der Waals surface area contributed by atoms with Crippen molar-refractivity contribution >= 4 is 15.7 Å². The molecule has 86 valence electrons. The minimum atomic E-state index is -0.570. The summed E-state index contributed by atoms with van der Waals surface area (Å²) in [6.45, 7) is 3.97. The number of carbonyl (C=O) groups excluding carboxylic acids is 3. The van der Waals surface area contributed by atoms with Gasteiger partial charge in [-0.2, -0.15) is 0 Å². The molecule has 1 fully saturated rings. The molecule has 6 heteroatoms. The summed E-state index contributed by atoms with van der Waals surface area (Å²) in [6, 6.07) is -0.520. The van der Waals surface area contributed by atoms with Crippen LogP contribution in [0.3, 0.4) is 0 Å². The van der Waals surface area contributed by atoms with Crippen LogP contribution in [0.2, 0.25) is 0 Å². The number of amides is 3. The second-order valence-electron chi connectivity index (χ2n) is 3.54. The first-order chi connectivity index (χ1) is 6.99. The summed E-state index contributed by atoms with van der Waals surface area (Å²) in [4.78, 5) is 33.6. The van der Waals surface area contributed by atoms with Gasteiger partial charge < -0.3 is 0 Å². The van der Waals surface area contributed by atoms with E-state index in [1.807, 2.05) is 13.8 Å². The fourth-order valence-corrected chi connectivity index (χ4v) is 2.88. The number of alkyl halides is 1. The van der Waals surface area contributed by atoms with Crippen LogP contribution in [0.15, 0.2) is 0 Å². The molecule has 0 aromatic rings. The number of nitrogens with one attached hydrogen (secondary N) is 2. The Hall–Kier alpha value is -0.660. The van der Waals surface area contributed by atoms with E-state index in [2.05, 4.69) is 10.6 Å². The van der Waals surface area contributed by atoms with Crippen molar-refractivity contribution in [2.75, 3.05) is 0 Å². The van der Waals surface area contributed by atoms with E-state index in [0.717, 1.165) is 0 Å². The molecular formula is C9H14IN2O3-. The molecule has 0 aliphatic carbocycles. The van der Waals surface area contributed by atoms with Crippen molar-refractivity contribution in [3.63, 3.8) is 0 Å². The second-order valence-corrected chi connectivity index (χ2v) is 7.64. The van der Waals surface area contributed by atoms with E-state index in [4.69, 9.17) is 0 Å². The van der Waals surface area contributed by atoms with Gasteiger partial charge in [0.25, 0.3) is 0 Å². The predicted molar refractivity (Wildman–Crippen MR) is 49.8 cm³/mol. The maximum atomic E-state index is 11.4. The molecule has 2 N–H and O–H groups in total. The van der Waals surface area contributed by atoms with Gasteiger partial charge in [-0.1, -0.05) is 0 Å². The van der Waals surface area contributed by atoms with Gasteiger partial charge in [0.15, 0.2) is 0 Å². The summed E-state index contributed by atoms with van der Waals surface area (Å²) in [5, 5.41) is 4.87. The Bertz CT molecular complexity index is 291. The number of carbonyl (C=O) groups is 3. The molecule has 0 unspecified atom stereocenters. The number of imide groups is 1. The number of piperidine rings is 1. The molecule has 1 aliphatic heterocycles. The number of hydrogen-bond donors (Lipinski definition) is 2. The van der Waals surface area contributed by atoms with Crippen LogP contribution in [0.1, 0.15) is 26.7 Å². The number of hydrogen-bond acceptors (Lipinski definition) is 3. The Morgan fingerprint density at radius 1 is 1.53 bits per heavy atom. The van der Waals surface area contributed by atoms with Gasteiger partial charge in [0.1, 0.15) is 0 Å². The first-order valence-electron chi connectivity index (χ1n) is 4.76. The molecule has 3 amide bonds. The van der Waals surface area contributed by atoms with E-state index in [9.17, 15) is 14.4 Å². The average Bonchev–Trinajstić information content (AvgIpc) is 2.08. The standard InChI is InChI=1S/C9H14IN2O3/c1-5(2)10-9(15)11-6-3-4-7(13)12-8(6)14/h5-6H,3-4H2,1-2H3,(H,11,15)(H,12,13,14)/q-1/t6-/m1/s1. The van der Waals surface area contributed by atoms with Gasteiger partial charge in [-0.25, -0.2) is 0 Å². The van der Waals surface area contributed by atoms with Gasteiger partial charge in [0.05, 0.1) is 0 Å². The van der Waals surface area contributed by atoms with Crippen molar-refractivity contribution in [1.29, 1.82) is 0 Å². The molecule has 5 nitrogen and oxygen atoms in total. The second kappa shape index (κ2) is 5.43. The van der Waals surface area contributed by atoms with Crippen LogP contribution in [0, 0.1) is 0 Å². The fourth-order valence-electron chi connectivity index (χ4n) is 1.20. The average molecular weight is 325 g/mol. The molecule has 15 heavy (non-hydrogen) atoms. The molecule has 0 spiro atoms. The summed E-state index contributed by atoms with van der Waals surface area (Å²) in [6.07, 6.45) is 0.717. The molecule has 0 aromatic carbocycles. The van der Waals surface area contributed by atoms with Crippen molar-refractivity contribution in [2.45, 2.75) is 36.7 Å². The van der Waals surface area contributed by atoms with Gasteiger partial charge in [-0.15, -0.1) is 0 Å². The first kappa shape index (κ1) is 12.4. The normalized spacial score (nSPS) is 21.7. The molecule has 0 aromatic heterocycles. The third kappa shape index (κ3) is 4.15. The molecule has 1 aliphatic rings. The van der Waals surface area contributed by atoms with Crippen LogP contribution in [0.4, 0.5) is 4.79 Å². The van der Waals surface area contributed by atoms with Crippen LogP contribution in [0.5, 0.6) is 0 Å². The Morgan fingerprint density at radius 3 is 2.73 bits per heavy atom. The summed E-state index contributed by atoms with van der Waals surface area (Å²) < 4.78 is 0.343. The van der Waals surface area contributed by atoms with Gasteiger partial charge in [-0.3, -0.25) is 0 Å². The monoisotopic (exact) mass is 325 g/mol. The van der Waals surface area contributed by atoms with Crippen molar-refractivity contribution < 1.29 is 35.6 Å². The van der Waals surface area contributed by atoms with Crippen molar-refractivity contribution in [2.24, 2.45) is 0 Å². The van der Waals surface area contributed by atoms with Crippen molar-refractivity contribution in [3.05, 3.63) is 0 Å². The Morgan fingerprint density at radius 2 is 2.20 bits per heavy atom. The number of halogens is 1. The maximum absolute atomic E-state index is 11.4. The van der Waals surface area contributed by atoms with Crippen LogP contribution in [0.25, 0.3) is 0 Å². The Kier molecular flexibility index (Phi) is 4.49. The van der Waals surface area contributed by atoms with Crippen molar-refractivity contribution in [1.82, 2.24) is 10.6 Å². The minimum absolute atomic E-state index is 0.0294. The molecule has 1 heterocycles. The topological polar surface area (TPSA) is 75.3 Å². The molecule has 1 saturated heterocycles. The molecule has 1 atom stereocenters. The van der Waals surface area contributed by atoms with Gasteiger partial charge >= 0.3 is 98.6 Å². The van der Waals surface area contributed by atoms with E-state index in [0.29, 0.717) is 16.8 Å². The van der Waals surface area contributed by atoms with Crippen LogP contribution in [-0.2, 0) is 9.59 Å². The summed E-state index contributed by atoms with van der Waals surface area (Å²) in [7, 11) is 0. The Balaban J connectivity index is 2.41. The fraction of sp³-hybridized carbons (Fsp3) is 0.667. The molecule has 1 rings (SSSR count). The van der Waals surface area contributed by atoms with Crippen LogP contribution >= 0.6 is 0 Å². The first-order valence-corrected chi connectivity index (χ1v) is 7.09. The SMILES string of the molecule is CC(C)[I-]C(=O)N[C@@H]1CCC(=O)NC1=O. The number of rotatable bonds is 3. The van der Waals surface area contributed by atoms with Gasteiger partial charge in [0.2, 0.25) is 0 Å². The van der Waals surface area contributed by atoms with Crippen LogP contribution in [-0.4, -0.2) is 25.7 Å². The van der Waals surface area contributed by atoms with Crippen molar-refractivity contribution in [3.8, 4) is 0 Å². The van der Waals surface area contributed by atoms with Gasteiger partial charge in [-0.05, 0) is 0 Å². The summed E-state index contributed by atoms with van der Waals surface area (Å²) in [5.41, 5.74) is 0. The van der Waals surface area contributed by atoms with E-state index >= 15 is 0 Å². The summed E-state index contributed by atoms with van der Waals surface area (Å²) >= 11 is -0.570. The zero-order valence-corrected chi connectivity index (χ0v) is 10.8. The summed E-state index contributed by atoms with van der Waals surface area (Å²) in [5.74, 6) is -0.642. The quantitative estimate of drug-likeness (QED) is 0.191.